The van der Waals surface area contributed by atoms with Gasteiger partial charge in [-0.3, -0.25) is 0 Å². The largest absolute Gasteiger partial charge is 0.431 e. The lowest BCUT2D eigenvalue weighted by atomic mass is 10.4. The molecular weight excluding hydrogens is 214 g/mol. The van der Waals surface area contributed by atoms with Gasteiger partial charge in [-0.05, 0) is 6.07 Å². The van der Waals surface area contributed by atoms with E-state index in [0.29, 0.717) is 0 Å². The van der Waals surface area contributed by atoms with Gasteiger partial charge in [0.2, 0.25) is 0 Å². The lowest BCUT2D eigenvalue weighted by Gasteiger charge is -2.01. The van der Waals surface area contributed by atoms with Crippen LogP contribution in [0.3, 0.4) is 0 Å². The van der Waals surface area contributed by atoms with Crippen LogP contribution in [0.4, 0.5) is 13.2 Å². The lowest BCUT2D eigenvalue weighted by Crippen LogP contribution is -2.04. The lowest BCUT2D eigenvalue weighted by molar-refractivity contribution is -0.140. The molecule has 0 bridgehead atoms. The summed E-state index contributed by atoms with van der Waals surface area (Å²) in [7, 11) is 0. The first-order chi connectivity index (χ1) is 5.45. The molecule has 0 radical (unpaired) electrons. The van der Waals surface area contributed by atoms with Crippen LogP contribution in [0.25, 0.3) is 0 Å². The predicted molar refractivity (Wildman–Crippen MR) is 40.4 cm³/mol. The van der Waals surface area contributed by atoms with Crippen LogP contribution in [0.2, 0.25) is 5.02 Å². The molecule has 0 unspecified atom stereocenters. The van der Waals surface area contributed by atoms with Crippen molar-refractivity contribution in [1.82, 2.24) is 4.98 Å². The second kappa shape index (κ2) is 3.18. The fraction of sp³-hybridized carbons (Fsp3) is 0.333. The molecule has 0 aliphatic heterocycles. The molecule has 0 aromatic carbocycles. The Bertz CT molecular complexity index is 279. The van der Waals surface area contributed by atoms with Crippen molar-refractivity contribution in [3.05, 3.63) is 22.5 Å². The third kappa shape index (κ3) is 1.87. The maximum atomic E-state index is 12.0. The number of halogens is 5. The average molecular weight is 218 g/mol. The van der Waals surface area contributed by atoms with Crippen LogP contribution >= 0.6 is 23.2 Å². The van der Waals surface area contributed by atoms with Crippen molar-refractivity contribution < 1.29 is 13.2 Å². The zero-order chi connectivity index (χ0) is 9.35. The second-order valence-electron chi connectivity index (χ2n) is 2.14. The number of H-pyrrole nitrogens is 1. The van der Waals surface area contributed by atoms with E-state index in [2.05, 4.69) is 4.98 Å². The summed E-state index contributed by atoms with van der Waals surface area (Å²) < 4.78 is 36.0. The van der Waals surface area contributed by atoms with Crippen LogP contribution in [0.1, 0.15) is 11.4 Å². The van der Waals surface area contributed by atoms with Gasteiger partial charge in [-0.1, -0.05) is 11.6 Å². The van der Waals surface area contributed by atoms with E-state index in [1.165, 1.54) is 0 Å². The Kier molecular flexibility index (Phi) is 2.58. The highest BCUT2D eigenvalue weighted by Gasteiger charge is 2.33. The van der Waals surface area contributed by atoms with E-state index < -0.39 is 11.9 Å². The zero-order valence-corrected chi connectivity index (χ0v) is 7.19. The molecule has 0 aliphatic carbocycles. The number of hydrogen-bond donors (Lipinski definition) is 1. The van der Waals surface area contributed by atoms with E-state index >= 15 is 0 Å². The highest BCUT2D eigenvalue weighted by atomic mass is 35.5. The number of aromatic amines is 1. The van der Waals surface area contributed by atoms with Crippen LogP contribution in [-0.4, -0.2) is 4.98 Å². The van der Waals surface area contributed by atoms with Gasteiger partial charge in [-0.2, -0.15) is 13.2 Å². The Hall–Kier alpha value is -0.350. The molecule has 1 nitrogen and oxygen atoms in total. The topological polar surface area (TPSA) is 15.8 Å². The van der Waals surface area contributed by atoms with Crippen molar-refractivity contribution in [1.29, 1.82) is 0 Å². The molecule has 6 heteroatoms. The molecule has 12 heavy (non-hydrogen) atoms. The number of alkyl halides is 4. The van der Waals surface area contributed by atoms with Gasteiger partial charge >= 0.3 is 6.18 Å². The van der Waals surface area contributed by atoms with Crippen LogP contribution in [-0.2, 0) is 12.1 Å². The minimum Gasteiger partial charge on any atom is -0.353 e. The van der Waals surface area contributed by atoms with Gasteiger partial charge < -0.3 is 4.98 Å². The van der Waals surface area contributed by atoms with Crippen molar-refractivity contribution in [3.8, 4) is 0 Å². The molecule has 0 fully saturated rings. The van der Waals surface area contributed by atoms with Crippen molar-refractivity contribution in [2.45, 2.75) is 12.1 Å². The van der Waals surface area contributed by atoms with Gasteiger partial charge in [0, 0.05) is 5.69 Å². The first-order valence-corrected chi connectivity index (χ1v) is 3.87. The standard InChI is InChI=1S/C6H4Cl2F3N/c7-2-4-3(8)1-5(12-4)6(9,10)11/h1,12H,2H2. The van der Waals surface area contributed by atoms with Gasteiger partial charge in [-0.15, -0.1) is 11.6 Å². The van der Waals surface area contributed by atoms with E-state index in [0.717, 1.165) is 6.07 Å². The number of rotatable bonds is 1. The van der Waals surface area contributed by atoms with Gasteiger partial charge in [0.05, 0.1) is 10.9 Å². The molecule has 1 heterocycles. The molecule has 0 saturated carbocycles. The fourth-order valence-corrected chi connectivity index (χ4v) is 1.22. The van der Waals surface area contributed by atoms with Gasteiger partial charge in [-0.25, -0.2) is 0 Å². The van der Waals surface area contributed by atoms with Crippen molar-refractivity contribution in [2.75, 3.05) is 0 Å². The SMILES string of the molecule is FC(F)(F)c1cc(Cl)c(CCl)[nH]1. The second-order valence-corrected chi connectivity index (χ2v) is 2.82. The Morgan fingerprint density at radius 3 is 2.25 bits per heavy atom. The van der Waals surface area contributed by atoms with E-state index in [-0.39, 0.29) is 16.6 Å². The quantitative estimate of drug-likeness (QED) is 0.695. The fourth-order valence-electron chi connectivity index (χ4n) is 0.722. The van der Waals surface area contributed by atoms with Crippen molar-refractivity contribution >= 4 is 23.2 Å². The van der Waals surface area contributed by atoms with Crippen LogP contribution < -0.4 is 0 Å². The van der Waals surface area contributed by atoms with Crippen LogP contribution in [0, 0.1) is 0 Å². The predicted octanol–water partition coefficient (Wildman–Crippen LogP) is 3.43. The molecule has 0 spiro atoms. The smallest absolute Gasteiger partial charge is 0.353 e. The van der Waals surface area contributed by atoms with E-state index in [1.807, 2.05) is 0 Å². The molecule has 1 aromatic heterocycles. The highest BCUT2D eigenvalue weighted by Crippen LogP contribution is 2.32. The van der Waals surface area contributed by atoms with Crippen molar-refractivity contribution in [2.24, 2.45) is 0 Å². The minimum atomic E-state index is -4.39. The van der Waals surface area contributed by atoms with Gasteiger partial charge in [0.25, 0.3) is 0 Å². The number of hydrogen-bond acceptors (Lipinski definition) is 0. The van der Waals surface area contributed by atoms with E-state index in [9.17, 15) is 13.2 Å². The zero-order valence-electron chi connectivity index (χ0n) is 5.67. The molecule has 1 N–H and O–H groups in total. The Morgan fingerprint density at radius 2 is 2.00 bits per heavy atom. The monoisotopic (exact) mass is 217 g/mol. The third-order valence-corrected chi connectivity index (χ3v) is 1.89. The summed E-state index contributed by atoms with van der Waals surface area (Å²) in [6, 6.07) is 0.819. The number of nitrogens with one attached hydrogen (secondary N) is 1. The van der Waals surface area contributed by atoms with Crippen LogP contribution in [0.15, 0.2) is 6.07 Å². The number of aromatic nitrogens is 1. The molecule has 68 valence electrons. The third-order valence-electron chi connectivity index (χ3n) is 1.28. The summed E-state index contributed by atoms with van der Waals surface area (Å²) in [5.74, 6) is -0.0606. The highest BCUT2D eigenvalue weighted by molar-refractivity contribution is 6.32. The molecular formula is C6H4Cl2F3N. The van der Waals surface area contributed by atoms with Gasteiger partial charge in [0.15, 0.2) is 0 Å². The summed E-state index contributed by atoms with van der Waals surface area (Å²) >= 11 is 10.7. The van der Waals surface area contributed by atoms with E-state index in [4.69, 9.17) is 23.2 Å². The maximum Gasteiger partial charge on any atom is 0.431 e. The summed E-state index contributed by atoms with van der Waals surface area (Å²) in [6.45, 7) is 0. The first kappa shape index (κ1) is 9.74. The van der Waals surface area contributed by atoms with Gasteiger partial charge in [0.1, 0.15) is 5.69 Å². The molecule has 0 atom stereocenters. The van der Waals surface area contributed by atoms with Crippen LogP contribution in [0.5, 0.6) is 0 Å². The molecule has 1 aromatic rings. The Balaban J connectivity index is 3.05. The Labute approximate surface area is 76.5 Å². The normalized spacial score (nSPS) is 12.1. The molecule has 1 rings (SSSR count). The van der Waals surface area contributed by atoms with Crippen molar-refractivity contribution in [3.63, 3.8) is 0 Å². The molecule has 0 amide bonds. The summed E-state index contributed by atoms with van der Waals surface area (Å²) in [6.07, 6.45) is -4.39. The first-order valence-electron chi connectivity index (χ1n) is 2.95. The summed E-state index contributed by atoms with van der Waals surface area (Å²) in [5.41, 5.74) is -0.686. The van der Waals surface area contributed by atoms with E-state index in [1.54, 1.807) is 0 Å². The Morgan fingerprint density at radius 1 is 1.42 bits per heavy atom. The molecule has 0 aliphatic rings. The summed E-state index contributed by atoms with van der Waals surface area (Å²) in [4.78, 5) is 2.08. The molecule has 0 saturated heterocycles. The average Bonchev–Trinajstić information content (AvgIpc) is 2.29. The summed E-state index contributed by atoms with van der Waals surface area (Å²) in [5, 5.41) is 0.0114. The maximum absolute atomic E-state index is 12.0. The minimum absolute atomic E-state index is 0.0114.